The van der Waals surface area contributed by atoms with Crippen LogP contribution in [0.5, 0.6) is 11.5 Å². The van der Waals surface area contributed by atoms with E-state index in [1.807, 2.05) is 57.2 Å². The van der Waals surface area contributed by atoms with Crippen LogP contribution in [0, 0.1) is 6.92 Å². The molecule has 0 radical (unpaired) electrons. The van der Waals surface area contributed by atoms with E-state index in [9.17, 15) is 0 Å². The Morgan fingerprint density at radius 2 is 1.93 bits per heavy atom. The summed E-state index contributed by atoms with van der Waals surface area (Å²) in [6.45, 7) is 8.59. The van der Waals surface area contributed by atoms with E-state index in [2.05, 4.69) is 34.6 Å². The van der Waals surface area contributed by atoms with Crippen molar-refractivity contribution in [3.8, 4) is 22.8 Å². The predicted octanol–water partition coefficient (Wildman–Crippen LogP) is 5.75. The fraction of sp³-hybridized carbons (Fsp3) is 0.273. The van der Waals surface area contributed by atoms with Gasteiger partial charge in [0.1, 0.15) is 0 Å². The summed E-state index contributed by atoms with van der Waals surface area (Å²) in [7, 11) is 0. The zero-order valence-corrected chi connectivity index (χ0v) is 17.4. The number of nitrogens with one attached hydrogen (secondary N) is 1. The molecule has 0 aliphatic heterocycles. The fourth-order valence-corrected chi connectivity index (χ4v) is 3.48. The van der Waals surface area contributed by atoms with Crippen LogP contribution >= 0.6 is 11.3 Å². The van der Waals surface area contributed by atoms with Gasteiger partial charge in [0, 0.05) is 10.4 Å². The van der Waals surface area contributed by atoms with Gasteiger partial charge in [0.05, 0.1) is 24.6 Å². The number of hydrazone groups is 1. The zero-order chi connectivity index (χ0) is 19.9. The Morgan fingerprint density at radius 3 is 2.64 bits per heavy atom. The van der Waals surface area contributed by atoms with E-state index < -0.39 is 0 Å². The SMILES string of the molecule is CCOc1cc(/C=N\Nc2nc(-c3ccccc3)c(C)s2)ccc1OC(C)C. The van der Waals surface area contributed by atoms with Crippen molar-refractivity contribution >= 4 is 22.7 Å². The Bertz CT molecular complexity index is 936. The van der Waals surface area contributed by atoms with Gasteiger partial charge in [-0.15, -0.1) is 11.3 Å². The van der Waals surface area contributed by atoms with Crippen LogP contribution in [-0.2, 0) is 0 Å². The lowest BCUT2D eigenvalue weighted by Crippen LogP contribution is -2.07. The van der Waals surface area contributed by atoms with Crippen molar-refractivity contribution in [2.45, 2.75) is 33.8 Å². The van der Waals surface area contributed by atoms with Gasteiger partial charge in [-0.3, -0.25) is 5.43 Å². The molecule has 3 aromatic rings. The maximum Gasteiger partial charge on any atom is 0.204 e. The molecule has 1 N–H and O–H groups in total. The van der Waals surface area contributed by atoms with Crippen LogP contribution in [0.15, 0.2) is 53.6 Å². The lowest BCUT2D eigenvalue weighted by molar-refractivity contribution is 0.224. The number of hydrogen-bond donors (Lipinski definition) is 1. The molecule has 0 aliphatic rings. The Kier molecular flexibility index (Phi) is 6.66. The van der Waals surface area contributed by atoms with Gasteiger partial charge in [-0.2, -0.15) is 5.10 Å². The molecule has 0 saturated carbocycles. The van der Waals surface area contributed by atoms with Gasteiger partial charge < -0.3 is 9.47 Å². The van der Waals surface area contributed by atoms with Crippen molar-refractivity contribution in [1.82, 2.24) is 4.98 Å². The van der Waals surface area contributed by atoms with E-state index in [4.69, 9.17) is 9.47 Å². The number of hydrogen-bond acceptors (Lipinski definition) is 6. The second kappa shape index (κ2) is 9.37. The number of benzene rings is 2. The average molecular weight is 396 g/mol. The number of ether oxygens (including phenoxy) is 2. The van der Waals surface area contributed by atoms with Crippen molar-refractivity contribution < 1.29 is 9.47 Å². The van der Waals surface area contributed by atoms with E-state index in [1.54, 1.807) is 17.6 Å². The Hall–Kier alpha value is -2.86. The topological polar surface area (TPSA) is 55.7 Å². The minimum Gasteiger partial charge on any atom is -0.490 e. The summed E-state index contributed by atoms with van der Waals surface area (Å²) >= 11 is 1.58. The molecule has 2 aromatic carbocycles. The fourth-order valence-electron chi connectivity index (χ4n) is 2.69. The molecular formula is C22H25N3O2S. The molecule has 0 bridgehead atoms. The van der Waals surface area contributed by atoms with Crippen molar-refractivity contribution in [1.29, 1.82) is 0 Å². The van der Waals surface area contributed by atoms with Crippen LogP contribution in [0.1, 0.15) is 31.2 Å². The molecule has 0 atom stereocenters. The van der Waals surface area contributed by atoms with Crippen LogP contribution in [0.25, 0.3) is 11.3 Å². The van der Waals surface area contributed by atoms with E-state index in [0.717, 1.165) is 38.3 Å². The van der Waals surface area contributed by atoms with E-state index >= 15 is 0 Å². The molecule has 0 saturated heterocycles. The highest BCUT2D eigenvalue weighted by Crippen LogP contribution is 2.31. The second-order valence-electron chi connectivity index (χ2n) is 6.47. The molecule has 0 unspecified atom stereocenters. The van der Waals surface area contributed by atoms with E-state index in [0.29, 0.717) is 6.61 Å². The van der Waals surface area contributed by atoms with Crippen molar-refractivity contribution in [2.75, 3.05) is 12.0 Å². The van der Waals surface area contributed by atoms with Gasteiger partial charge in [-0.05, 0) is 51.5 Å². The highest BCUT2D eigenvalue weighted by atomic mass is 32.1. The molecule has 1 aromatic heterocycles. The van der Waals surface area contributed by atoms with Gasteiger partial charge in [-0.25, -0.2) is 4.98 Å². The Balaban J connectivity index is 1.72. The maximum absolute atomic E-state index is 5.79. The van der Waals surface area contributed by atoms with Gasteiger partial charge in [-0.1, -0.05) is 30.3 Å². The summed E-state index contributed by atoms with van der Waals surface area (Å²) in [5, 5.41) is 5.09. The summed E-state index contributed by atoms with van der Waals surface area (Å²) in [6, 6.07) is 15.9. The van der Waals surface area contributed by atoms with Gasteiger partial charge >= 0.3 is 0 Å². The predicted molar refractivity (Wildman–Crippen MR) is 117 cm³/mol. The number of rotatable bonds is 8. The third-order valence-electron chi connectivity index (χ3n) is 3.85. The lowest BCUT2D eigenvalue weighted by atomic mass is 10.1. The van der Waals surface area contributed by atoms with Crippen LogP contribution in [-0.4, -0.2) is 23.9 Å². The molecule has 1 heterocycles. The summed E-state index contributed by atoms with van der Waals surface area (Å²) in [5.74, 6) is 1.46. The smallest absolute Gasteiger partial charge is 0.204 e. The normalized spacial score (nSPS) is 11.2. The maximum atomic E-state index is 5.79. The van der Waals surface area contributed by atoms with Crippen LogP contribution in [0.2, 0.25) is 0 Å². The summed E-state index contributed by atoms with van der Waals surface area (Å²) in [5.41, 5.74) is 6.04. The number of aromatic nitrogens is 1. The minimum atomic E-state index is 0.0901. The van der Waals surface area contributed by atoms with Crippen molar-refractivity contribution in [2.24, 2.45) is 5.10 Å². The molecule has 5 nitrogen and oxygen atoms in total. The Labute approximate surface area is 170 Å². The minimum absolute atomic E-state index is 0.0901. The first-order valence-electron chi connectivity index (χ1n) is 9.32. The number of anilines is 1. The lowest BCUT2D eigenvalue weighted by Gasteiger charge is -2.14. The molecule has 146 valence electrons. The summed E-state index contributed by atoms with van der Waals surface area (Å²) < 4.78 is 11.5. The number of thiazole rings is 1. The largest absolute Gasteiger partial charge is 0.490 e. The van der Waals surface area contributed by atoms with Gasteiger partial charge in [0.2, 0.25) is 5.13 Å². The monoisotopic (exact) mass is 395 g/mol. The Morgan fingerprint density at radius 1 is 1.14 bits per heavy atom. The highest BCUT2D eigenvalue weighted by molar-refractivity contribution is 7.15. The quantitative estimate of drug-likeness (QED) is 0.390. The molecule has 0 fully saturated rings. The number of nitrogens with zero attached hydrogens (tertiary/aromatic N) is 2. The van der Waals surface area contributed by atoms with Crippen LogP contribution in [0.4, 0.5) is 5.13 Å². The highest BCUT2D eigenvalue weighted by Gasteiger charge is 2.09. The third-order valence-corrected chi connectivity index (χ3v) is 4.72. The number of aryl methyl sites for hydroxylation is 1. The molecule has 0 amide bonds. The van der Waals surface area contributed by atoms with E-state index in [-0.39, 0.29) is 6.10 Å². The summed E-state index contributed by atoms with van der Waals surface area (Å²) in [4.78, 5) is 5.80. The first kappa shape index (κ1) is 19.9. The first-order chi connectivity index (χ1) is 13.6. The molecular weight excluding hydrogens is 370 g/mol. The molecule has 0 aliphatic carbocycles. The second-order valence-corrected chi connectivity index (χ2v) is 7.67. The van der Waals surface area contributed by atoms with Gasteiger partial charge in [0.25, 0.3) is 0 Å². The zero-order valence-electron chi connectivity index (χ0n) is 16.6. The van der Waals surface area contributed by atoms with Gasteiger partial charge in [0.15, 0.2) is 11.5 Å². The first-order valence-corrected chi connectivity index (χ1v) is 10.1. The molecule has 6 heteroatoms. The standard InChI is InChI=1S/C22H25N3O2S/c1-5-26-20-13-17(11-12-19(20)27-15(2)3)14-23-25-22-24-21(16(4)28-22)18-9-7-6-8-10-18/h6-15H,5H2,1-4H3,(H,24,25)/b23-14-. The van der Waals surface area contributed by atoms with E-state index in [1.165, 1.54) is 0 Å². The van der Waals surface area contributed by atoms with Crippen LogP contribution in [0.3, 0.4) is 0 Å². The molecule has 3 rings (SSSR count). The van der Waals surface area contributed by atoms with Crippen LogP contribution < -0.4 is 14.9 Å². The van der Waals surface area contributed by atoms with Crippen molar-refractivity contribution in [3.63, 3.8) is 0 Å². The summed E-state index contributed by atoms with van der Waals surface area (Å²) in [6.07, 6.45) is 1.84. The molecule has 0 spiro atoms. The third kappa shape index (κ3) is 5.10. The van der Waals surface area contributed by atoms with Crippen molar-refractivity contribution in [3.05, 3.63) is 59.0 Å². The molecule has 28 heavy (non-hydrogen) atoms. The average Bonchev–Trinajstić information content (AvgIpc) is 3.05.